The number of fused-ring (bicyclic) bond motifs is 2. The first-order chi connectivity index (χ1) is 18.1. The number of nitrogens with one attached hydrogen (secondary N) is 3. The van der Waals surface area contributed by atoms with Crippen molar-refractivity contribution >= 4 is 27.8 Å². The number of ether oxygens (including phenoxy) is 1. The summed E-state index contributed by atoms with van der Waals surface area (Å²) in [4.78, 5) is 14.2. The van der Waals surface area contributed by atoms with Gasteiger partial charge < -0.3 is 19.9 Å². The molecule has 0 amide bonds. The van der Waals surface area contributed by atoms with Crippen molar-refractivity contribution in [1.29, 1.82) is 0 Å². The first-order valence-electron chi connectivity index (χ1n) is 12.8. The summed E-state index contributed by atoms with van der Waals surface area (Å²) in [5, 5.41) is 12.5. The largest absolute Gasteiger partial charge is 0.486 e. The van der Waals surface area contributed by atoms with Crippen molar-refractivity contribution in [2.24, 2.45) is 5.41 Å². The fourth-order valence-corrected chi connectivity index (χ4v) is 5.85. The first kappa shape index (κ1) is 22.2. The van der Waals surface area contributed by atoms with Gasteiger partial charge in [-0.2, -0.15) is 5.10 Å². The number of hydrogen-bond acceptors (Lipinski definition) is 6. The van der Waals surface area contributed by atoms with Crippen LogP contribution in [0.25, 0.3) is 33.2 Å². The molecule has 1 unspecified atom stereocenters. The number of halogens is 1. The van der Waals surface area contributed by atoms with Gasteiger partial charge in [0.2, 0.25) is 0 Å². The van der Waals surface area contributed by atoms with Gasteiger partial charge in [-0.3, -0.25) is 5.10 Å². The zero-order chi connectivity index (χ0) is 25.0. The Morgan fingerprint density at radius 2 is 1.95 bits per heavy atom. The zero-order valence-electron chi connectivity index (χ0n) is 20.6. The molecule has 1 atom stereocenters. The number of nitrogens with zero attached hydrogens (tertiary/aromatic N) is 4. The van der Waals surface area contributed by atoms with Crippen LogP contribution in [0.4, 0.5) is 10.2 Å². The lowest BCUT2D eigenvalue weighted by Crippen LogP contribution is -2.60. The Hall–Kier alpha value is -3.98. The van der Waals surface area contributed by atoms with Crippen LogP contribution in [-0.2, 0) is 0 Å². The SMILES string of the molecule is CC(Oc1ccc2[nH]nc(-c3ccc(N4CC5(CCNCC5)C4)nc3)c2c1)c1ccnc2[nH]cc(F)c12. The molecule has 6 heterocycles. The van der Waals surface area contributed by atoms with Gasteiger partial charge in [0.25, 0.3) is 0 Å². The smallest absolute Gasteiger partial charge is 0.150 e. The number of hydrogen-bond donors (Lipinski definition) is 3. The maximum atomic E-state index is 14.4. The maximum Gasteiger partial charge on any atom is 0.150 e. The van der Waals surface area contributed by atoms with Crippen LogP contribution < -0.4 is 15.0 Å². The molecule has 8 nitrogen and oxygen atoms in total. The molecule has 2 saturated heterocycles. The van der Waals surface area contributed by atoms with E-state index in [-0.39, 0.29) is 11.9 Å². The van der Waals surface area contributed by atoms with Gasteiger partial charge in [0.1, 0.15) is 29.0 Å². The number of aromatic amines is 2. The molecule has 188 valence electrons. The second-order valence-electron chi connectivity index (χ2n) is 10.3. The molecule has 4 aromatic heterocycles. The molecule has 2 fully saturated rings. The third-order valence-corrected chi connectivity index (χ3v) is 7.90. The van der Waals surface area contributed by atoms with Gasteiger partial charge in [-0.15, -0.1) is 0 Å². The van der Waals surface area contributed by atoms with Crippen molar-refractivity contribution in [3.8, 4) is 17.0 Å². The minimum Gasteiger partial charge on any atom is -0.486 e. The van der Waals surface area contributed by atoms with E-state index in [1.807, 2.05) is 31.3 Å². The van der Waals surface area contributed by atoms with Crippen LogP contribution in [0.2, 0.25) is 0 Å². The van der Waals surface area contributed by atoms with Crippen molar-refractivity contribution in [1.82, 2.24) is 30.5 Å². The Morgan fingerprint density at radius 3 is 2.76 bits per heavy atom. The number of aromatic nitrogens is 5. The summed E-state index contributed by atoms with van der Waals surface area (Å²) in [7, 11) is 0. The molecule has 1 spiro atoms. The van der Waals surface area contributed by atoms with E-state index in [0.29, 0.717) is 22.2 Å². The Balaban J connectivity index is 1.12. The number of benzene rings is 1. The predicted molar refractivity (Wildman–Crippen MR) is 141 cm³/mol. The molecule has 0 saturated carbocycles. The second-order valence-corrected chi connectivity index (χ2v) is 10.3. The van der Waals surface area contributed by atoms with Crippen LogP contribution in [-0.4, -0.2) is 51.3 Å². The number of H-pyrrole nitrogens is 2. The lowest BCUT2D eigenvalue weighted by Gasteiger charge is -2.53. The number of piperidine rings is 1. The third-order valence-electron chi connectivity index (χ3n) is 7.90. The Bertz CT molecular complexity index is 1580. The molecule has 1 aromatic carbocycles. The molecule has 37 heavy (non-hydrogen) atoms. The van der Waals surface area contributed by atoms with Gasteiger partial charge in [-0.05, 0) is 69.3 Å². The Kier molecular flexibility index (Phi) is 5.14. The molecule has 0 radical (unpaired) electrons. The van der Waals surface area contributed by atoms with Gasteiger partial charge in [-0.25, -0.2) is 14.4 Å². The second kappa shape index (κ2) is 8.55. The topological polar surface area (TPSA) is 94.8 Å². The van der Waals surface area contributed by atoms with E-state index in [0.717, 1.165) is 59.7 Å². The summed E-state index contributed by atoms with van der Waals surface area (Å²) < 4.78 is 20.6. The van der Waals surface area contributed by atoms with Gasteiger partial charge in [0.05, 0.1) is 10.9 Å². The van der Waals surface area contributed by atoms with E-state index in [4.69, 9.17) is 9.72 Å². The van der Waals surface area contributed by atoms with Crippen LogP contribution in [0.5, 0.6) is 5.75 Å². The molecule has 7 rings (SSSR count). The average Bonchev–Trinajstić information content (AvgIpc) is 3.51. The fraction of sp³-hybridized carbons (Fsp3) is 0.321. The molecular formula is C28H28FN7O. The number of rotatable bonds is 5. The van der Waals surface area contributed by atoms with E-state index in [9.17, 15) is 4.39 Å². The third kappa shape index (κ3) is 3.81. The molecule has 2 aliphatic heterocycles. The van der Waals surface area contributed by atoms with Crippen molar-refractivity contribution in [2.75, 3.05) is 31.1 Å². The maximum absolute atomic E-state index is 14.4. The van der Waals surface area contributed by atoms with Crippen LogP contribution in [0.1, 0.15) is 31.4 Å². The summed E-state index contributed by atoms with van der Waals surface area (Å²) in [5.41, 5.74) is 4.41. The molecule has 3 N–H and O–H groups in total. The molecule has 9 heteroatoms. The summed E-state index contributed by atoms with van der Waals surface area (Å²) in [6.45, 7) is 6.32. The summed E-state index contributed by atoms with van der Waals surface area (Å²) >= 11 is 0. The summed E-state index contributed by atoms with van der Waals surface area (Å²) in [5.74, 6) is 1.37. The van der Waals surface area contributed by atoms with Crippen LogP contribution in [0, 0.1) is 11.2 Å². The van der Waals surface area contributed by atoms with Crippen molar-refractivity contribution in [2.45, 2.75) is 25.9 Å². The highest BCUT2D eigenvalue weighted by atomic mass is 19.1. The van der Waals surface area contributed by atoms with Crippen molar-refractivity contribution in [3.63, 3.8) is 0 Å². The van der Waals surface area contributed by atoms with E-state index < -0.39 is 0 Å². The average molecular weight is 498 g/mol. The molecule has 2 aliphatic rings. The van der Waals surface area contributed by atoms with Gasteiger partial charge >= 0.3 is 0 Å². The standard InChI is InChI=1S/C28H28FN7O/c1-17(20-6-9-31-27-25(20)22(29)14-33-27)37-19-3-4-23-21(12-19)26(35-34-23)18-2-5-24(32-13-18)36-15-28(16-36)7-10-30-11-8-28/h2-6,9,12-14,17,30H,7-8,10-11,15-16H2,1H3,(H,31,33)(H,34,35). The Morgan fingerprint density at radius 1 is 1.08 bits per heavy atom. The number of anilines is 1. The molecular weight excluding hydrogens is 469 g/mol. The summed E-state index contributed by atoms with van der Waals surface area (Å²) in [6.07, 6.45) is 7.01. The van der Waals surface area contributed by atoms with E-state index in [1.165, 1.54) is 19.0 Å². The van der Waals surface area contributed by atoms with Crippen LogP contribution in [0.3, 0.4) is 0 Å². The van der Waals surface area contributed by atoms with E-state index >= 15 is 0 Å². The first-order valence-corrected chi connectivity index (χ1v) is 12.8. The monoisotopic (exact) mass is 497 g/mol. The molecule has 5 aromatic rings. The minimum atomic E-state index is -0.371. The predicted octanol–water partition coefficient (Wildman–Crippen LogP) is 4.97. The van der Waals surface area contributed by atoms with Gasteiger partial charge in [0, 0.05) is 53.6 Å². The van der Waals surface area contributed by atoms with Crippen molar-refractivity contribution < 1.29 is 9.13 Å². The highest BCUT2D eigenvalue weighted by Gasteiger charge is 2.43. The summed E-state index contributed by atoms with van der Waals surface area (Å²) in [6, 6.07) is 11.8. The van der Waals surface area contributed by atoms with Gasteiger partial charge in [0.15, 0.2) is 5.82 Å². The Labute approximate surface area is 213 Å². The van der Waals surface area contributed by atoms with Crippen LogP contribution in [0.15, 0.2) is 55.0 Å². The highest BCUT2D eigenvalue weighted by Crippen LogP contribution is 2.41. The van der Waals surface area contributed by atoms with Crippen molar-refractivity contribution in [3.05, 3.63) is 66.4 Å². The lowest BCUT2D eigenvalue weighted by molar-refractivity contribution is 0.149. The van der Waals surface area contributed by atoms with E-state index in [2.05, 4.69) is 42.5 Å². The molecule has 0 bridgehead atoms. The quantitative estimate of drug-likeness (QED) is 0.317. The molecule has 0 aliphatic carbocycles. The van der Waals surface area contributed by atoms with Crippen LogP contribution >= 0.6 is 0 Å². The lowest BCUT2D eigenvalue weighted by atomic mass is 9.72. The normalized spacial score (nSPS) is 17.8. The zero-order valence-corrected chi connectivity index (χ0v) is 20.6. The number of pyridine rings is 2. The minimum absolute atomic E-state index is 0.332. The highest BCUT2D eigenvalue weighted by molar-refractivity contribution is 5.93. The fourth-order valence-electron chi connectivity index (χ4n) is 5.85. The van der Waals surface area contributed by atoms with Gasteiger partial charge in [-0.1, -0.05) is 0 Å². The van der Waals surface area contributed by atoms with E-state index in [1.54, 1.807) is 12.3 Å².